The minimum atomic E-state index is 0.827. The molecule has 0 unspecified atom stereocenters. The molecular weight excluding hydrogens is 224 g/mol. The lowest BCUT2D eigenvalue weighted by atomic mass is 10.1. The van der Waals surface area contributed by atoms with E-state index in [1.54, 1.807) is 6.20 Å². The Labute approximate surface area is 107 Å². The predicted molar refractivity (Wildman–Crippen MR) is 71.2 cm³/mol. The maximum atomic E-state index is 4.81. The van der Waals surface area contributed by atoms with E-state index < -0.39 is 0 Å². The van der Waals surface area contributed by atoms with E-state index in [9.17, 15) is 0 Å². The van der Waals surface area contributed by atoms with Gasteiger partial charge in [0.25, 0.3) is 0 Å². The van der Waals surface area contributed by atoms with Crippen LogP contribution in [0.25, 0.3) is 11.3 Å². The van der Waals surface area contributed by atoms with Gasteiger partial charge < -0.3 is 9.88 Å². The molecule has 18 heavy (non-hydrogen) atoms. The van der Waals surface area contributed by atoms with Gasteiger partial charge in [-0.3, -0.25) is 4.98 Å². The third-order valence-corrected chi connectivity index (χ3v) is 3.47. The Morgan fingerprint density at radius 2 is 2.33 bits per heavy atom. The van der Waals surface area contributed by atoms with Crippen molar-refractivity contribution in [3.63, 3.8) is 0 Å². The van der Waals surface area contributed by atoms with Crippen LogP contribution in [0.5, 0.6) is 0 Å². The highest BCUT2D eigenvalue weighted by molar-refractivity contribution is 5.61. The Kier molecular flexibility index (Phi) is 3.11. The van der Waals surface area contributed by atoms with Gasteiger partial charge in [-0.1, -0.05) is 0 Å². The van der Waals surface area contributed by atoms with Gasteiger partial charge in [0.05, 0.1) is 12.2 Å². The molecular formula is C14H18N4. The van der Waals surface area contributed by atoms with Crippen LogP contribution in [0, 0.1) is 0 Å². The summed E-state index contributed by atoms with van der Waals surface area (Å²) in [7, 11) is 1.97. The van der Waals surface area contributed by atoms with E-state index in [0.717, 1.165) is 36.6 Å². The molecule has 0 bridgehead atoms. The van der Waals surface area contributed by atoms with Crippen LogP contribution < -0.4 is 5.32 Å². The van der Waals surface area contributed by atoms with Gasteiger partial charge in [0.2, 0.25) is 0 Å². The number of fused-ring (bicyclic) bond motifs is 1. The lowest BCUT2D eigenvalue weighted by Crippen LogP contribution is -2.16. The van der Waals surface area contributed by atoms with E-state index >= 15 is 0 Å². The molecule has 2 aromatic rings. The summed E-state index contributed by atoms with van der Waals surface area (Å²) < 4.78 is 2.38. The lowest BCUT2D eigenvalue weighted by molar-refractivity contribution is 0.508. The molecule has 0 saturated heterocycles. The number of hydrogen-bond acceptors (Lipinski definition) is 3. The second kappa shape index (κ2) is 4.90. The molecule has 2 aromatic heterocycles. The number of hydrogen-bond donors (Lipinski definition) is 1. The van der Waals surface area contributed by atoms with Crippen molar-refractivity contribution in [3.05, 3.63) is 36.0 Å². The van der Waals surface area contributed by atoms with Gasteiger partial charge in [0.1, 0.15) is 5.82 Å². The van der Waals surface area contributed by atoms with Gasteiger partial charge in [-0.15, -0.1) is 0 Å². The molecule has 1 N–H and O–H groups in total. The highest BCUT2D eigenvalue weighted by atomic mass is 15.1. The first kappa shape index (κ1) is 11.4. The molecule has 1 aliphatic heterocycles. The van der Waals surface area contributed by atoms with Crippen molar-refractivity contribution in [2.45, 2.75) is 32.4 Å². The fourth-order valence-electron chi connectivity index (χ4n) is 2.64. The number of aromatic nitrogens is 3. The Bertz CT molecular complexity index is 530. The van der Waals surface area contributed by atoms with Crippen molar-refractivity contribution in [2.24, 2.45) is 0 Å². The maximum Gasteiger partial charge on any atom is 0.123 e. The largest absolute Gasteiger partial charge is 0.330 e. The molecule has 0 spiro atoms. The molecule has 0 fully saturated rings. The van der Waals surface area contributed by atoms with Crippen LogP contribution in [0.4, 0.5) is 0 Å². The van der Waals surface area contributed by atoms with Crippen molar-refractivity contribution in [2.75, 3.05) is 7.05 Å². The van der Waals surface area contributed by atoms with Crippen LogP contribution in [-0.4, -0.2) is 21.6 Å². The molecule has 4 heteroatoms. The van der Waals surface area contributed by atoms with Gasteiger partial charge in [0.15, 0.2) is 0 Å². The third kappa shape index (κ3) is 1.93. The summed E-state index contributed by atoms with van der Waals surface area (Å²) in [6, 6.07) is 4.07. The normalized spacial score (nSPS) is 14.5. The fourth-order valence-corrected chi connectivity index (χ4v) is 2.64. The second-order valence-corrected chi connectivity index (χ2v) is 4.70. The van der Waals surface area contributed by atoms with Crippen molar-refractivity contribution >= 4 is 0 Å². The number of nitrogens with zero attached hydrogens (tertiary/aromatic N) is 3. The van der Waals surface area contributed by atoms with E-state index in [1.165, 1.54) is 18.5 Å². The first-order valence-electron chi connectivity index (χ1n) is 6.53. The van der Waals surface area contributed by atoms with Gasteiger partial charge in [-0.05, 0) is 38.4 Å². The minimum absolute atomic E-state index is 0.827. The van der Waals surface area contributed by atoms with E-state index in [4.69, 9.17) is 4.98 Å². The molecule has 4 nitrogen and oxygen atoms in total. The third-order valence-electron chi connectivity index (χ3n) is 3.47. The molecule has 0 amide bonds. The molecule has 0 aromatic carbocycles. The first-order valence-corrected chi connectivity index (χ1v) is 6.53. The second-order valence-electron chi connectivity index (χ2n) is 4.70. The maximum absolute atomic E-state index is 4.81. The van der Waals surface area contributed by atoms with E-state index in [0.29, 0.717) is 0 Å². The summed E-state index contributed by atoms with van der Waals surface area (Å²) in [6.07, 6.45) is 7.35. The number of imidazole rings is 1. The van der Waals surface area contributed by atoms with Crippen LogP contribution in [0.15, 0.2) is 24.5 Å². The van der Waals surface area contributed by atoms with E-state index in [2.05, 4.69) is 20.9 Å². The number of pyridine rings is 1. The van der Waals surface area contributed by atoms with Crippen molar-refractivity contribution < 1.29 is 0 Å². The number of rotatable bonds is 3. The first-order chi connectivity index (χ1) is 8.90. The molecule has 3 rings (SSSR count). The SMILES string of the molecule is CNCc1nc(-c2cccnc2)c2n1CCCC2. The van der Waals surface area contributed by atoms with Gasteiger partial charge >= 0.3 is 0 Å². The Hall–Kier alpha value is -1.68. The molecule has 0 atom stereocenters. The van der Waals surface area contributed by atoms with Crippen LogP contribution in [0.3, 0.4) is 0 Å². The summed E-state index contributed by atoms with van der Waals surface area (Å²) in [5, 5.41) is 3.20. The summed E-state index contributed by atoms with van der Waals surface area (Å²) in [4.78, 5) is 9.01. The molecule has 1 aliphatic rings. The number of nitrogens with one attached hydrogen (secondary N) is 1. The van der Waals surface area contributed by atoms with E-state index in [-0.39, 0.29) is 0 Å². The summed E-state index contributed by atoms with van der Waals surface area (Å²) >= 11 is 0. The van der Waals surface area contributed by atoms with Gasteiger partial charge in [-0.25, -0.2) is 4.98 Å². The summed E-state index contributed by atoms with van der Waals surface area (Å²) in [5.41, 5.74) is 3.62. The fraction of sp³-hybridized carbons (Fsp3) is 0.429. The standard InChI is InChI=1S/C14H18N4/c1-15-10-13-17-14(11-5-4-7-16-9-11)12-6-2-3-8-18(12)13/h4-5,7,9,15H,2-3,6,8,10H2,1H3. The zero-order valence-electron chi connectivity index (χ0n) is 10.7. The molecule has 3 heterocycles. The van der Waals surface area contributed by atoms with Crippen LogP contribution in [-0.2, 0) is 19.5 Å². The highest BCUT2D eigenvalue weighted by Gasteiger charge is 2.20. The minimum Gasteiger partial charge on any atom is -0.330 e. The van der Waals surface area contributed by atoms with Gasteiger partial charge in [0, 0.05) is 30.2 Å². The average Bonchev–Trinajstić information content (AvgIpc) is 2.80. The van der Waals surface area contributed by atoms with Crippen LogP contribution in [0.2, 0.25) is 0 Å². The molecule has 0 radical (unpaired) electrons. The molecule has 94 valence electrons. The van der Waals surface area contributed by atoms with Crippen molar-refractivity contribution in [3.8, 4) is 11.3 Å². The van der Waals surface area contributed by atoms with E-state index in [1.807, 2.05) is 19.3 Å². The zero-order valence-corrected chi connectivity index (χ0v) is 10.7. The average molecular weight is 242 g/mol. The Balaban J connectivity index is 2.09. The Morgan fingerprint density at radius 1 is 1.39 bits per heavy atom. The quantitative estimate of drug-likeness (QED) is 0.895. The Morgan fingerprint density at radius 3 is 3.11 bits per heavy atom. The summed E-state index contributed by atoms with van der Waals surface area (Å²) in [5.74, 6) is 1.14. The van der Waals surface area contributed by atoms with Crippen molar-refractivity contribution in [1.29, 1.82) is 0 Å². The van der Waals surface area contributed by atoms with Gasteiger partial charge in [-0.2, -0.15) is 0 Å². The zero-order chi connectivity index (χ0) is 12.4. The topological polar surface area (TPSA) is 42.7 Å². The van der Waals surface area contributed by atoms with Crippen molar-refractivity contribution in [1.82, 2.24) is 19.9 Å². The molecule has 0 saturated carbocycles. The lowest BCUT2D eigenvalue weighted by Gasteiger charge is -2.17. The monoisotopic (exact) mass is 242 g/mol. The summed E-state index contributed by atoms with van der Waals surface area (Å²) in [6.45, 7) is 1.92. The smallest absolute Gasteiger partial charge is 0.123 e. The van der Waals surface area contributed by atoms with Crippen LogP contribution >= 0.6 is 0 Å². The van der Waals surface area contributed by atoms with Crippen LogP contribution in [0.1, 0.15) is 24.4 Å². The molecule has 0 aliphatic carbocycles. The predicted octanol–water partition coefficient (Wildman–Crippen LogP) is 2.00. The highest BCUT2D eigenvalue weighted by Crippen LogP contribution is 2.28.